The van der Waals surface area contributed by atoms with Crippen LogP contribution in [-0.2, 0) is 0 Å². The molecule has 1 aliphatic carbocycles. The second-order valence-corrected chi connectivity index (χ2v) is 5.65. The molecule has 0 amide bonds. The van der Waals surface area contributed by atoms with Gasteiger partial charge in [0.15, 0.2) is 5.96 Å². The molecule has 0 spiro atoms. The Bertz CT molecular complexity index is 489. The van der Waals surface area contributed by atoms with Gasteiger partial charge < -0.3 is 10.6 Å². The molecule has 96 valence electrons. The molecule has 0 radical (unpaired) electrons. The number of hydrogen-bond acceptors (Lipinski definition) is 3. The predicted octanol–water partition coefficient (Wildman–Crippen LogP) is 2.38. The summed E-state index contributed by atoms with van der Waals surface area (Å²) in [7, 11) is 0. The van der Waals surface area contributed by atoms with E-state index in [9.17, 15) is 0 Å². The highest BCUT2D eigenvalue weighted by Gasteiger charge is 2.33. The molecule has 3 rings (SSSR count). The summed E-state index contributed by atoms with van der Waals surface area (Å²) in [5, 5.41) is 0. The maximum atomic E-state index is 6.03. The van der Waals surface area contributed by atoms with Crippen molar-refractivity contribution in [2.75, 3.05) is 13.1 Å². The fourth-order valence-electron chi connectivity index (χ4n) is 2.59. The topological polar surface area (TPSA) is 41.6 Å². The van der Waals surface area contributed by atoms with Gasteiger partial charge >= 0.3 is 0 Å². The number of benzene rings is 1. The Labute approximate surface area is 109 Å². The molecule has 1 aliphatic heterocycles. The molecule has 0 bridgehead atoms. The van der Waals surface area contributed by atoms with Gasteiger partial charge in [0.05, 0.1) is 12.6 Å². The van der Waals surface area contributed by atoms with Gasteiger partial charge in [-0.2, -0.15) is 0 Å². The lowest BCUT2D eigenvalue weighted by Crippen LogP contribution is -2.37. The van der Waals surface area contributed by atoms with E-state index in [0.29, 0.717) is 6.04 Å². The zero-order valence-corrected chi connectivity index (χ0v) is 11.2. The van der Waals surface area contributed by atoms with Crippen LogP contribution in [0.25, 0.3) is 0 Å². The van der Waals surface area contributed by atoms with Crippen molar-refractivity contribution < 1.29 is 0 Å². The lowest BCUT2D eigenvalue weighted by molar-refractivity contribution is 0.333. The van der Waals surface area contributed by atoms with E-state index >= 15 is 0 Å². The Morgan fingerprint density at radius 1 is 1.28 bits per heavy atom. The lowest BCUT2D eigenvalue weighted by atomic mass is 10.0. The van der Waals surface area contributed by atoms with E-state index in [-0.39, 0.29) is 0 Å². The van der Waals surface area contributed by atoms with Gasteiger partial charge in [0.2, 0.25) is 0 Å². The minimum Gasteiger partial charge on any atom is -0.370 e. The molecule has 1 aromatic rings. The summed E-state index contributed by atoms with van der Waals surface area (Å²) in [5.74, 6) is 1.57. The van der Waals surface area contributed by atoms with Crippen LogP contribution in [0.4, 0.5) is 0 Å². The van der Waals surface area contributed by atoms with Gasteiger partial charge in [-0.3, -0.25) is 4.99 Å². The van der Waals surface area contributed by atoms with E-state index < -0.39 is 0 Å². The average Bonchev–Trinajstić information content (AvgIpc) is 3.09. The Hall–Kier alpha value is -1.51. The highest BCUT2D eigenvalue weighted by molar-refractivity contribution is 5.80. The van der Waals surface area contributed by atoms with Crippen LogP contribution in [0.5, 0.6) is 0 Å². The van der Waals surface area contributed by atoms with Crippen LogP contribution >= 0.6 is 0 Å². The molecule has 0 aromatic heterocycles. The fraction of sp³-hybridized carbons (Fsp3) is 0.533. The van der Waals surface area contributed by atoms with Crippen molar-refractivity contribution >= 4 is 5.96 Å². The average molecular weight is 243 g/mol. The minimum atomic E-state index is 0.352. The maximum absolute atomic E-state index is 6.03. The first-order valence-electron chi connectivity index (χ1n) is 6.79. The third-order valence-corrected chi connectivity index (χ3v) is 4.16. The van der Waals surface area contributed by atoms with E-state index in [4.69, 9.17) is 5.73 Å². The van der Waals surface area contributed by atoms with Crippen LogP contribution in [-0.4, -0.2) is 23.9 Å². The Morgan fingerprint density at radius 3 is 2.72 bits per heavy atom. The molecular weight excluding hydrogens is 222 g/mol. The molecule has 3 nitrogen and oxygen atoms in total. The number of nitrogens with zero attached hydrogens (tertiary/aromatic N) is 2. The van der Waals surface area contributed by atoms with Crippen LogP contribution < -0.4 is 5.73 Å². The van der Waals surface area contributed by atoms with Crippen LogP contribution in [0.3, 0.4) is 0 Å². The van der Waals surface area contributed by atoms with E-state index in [2.05, 4.69) is 41.9 Å². The number of nitrogens with two attached hydrogens (primary N) is 1. The third-order valence-electron chi connectivity index (χ3n) is 4.16. The monoisotopic (exact) mass is 243 g/mol. The Balaban J connectivity index is 1.83. The Morgan fingerprint density at radius 2 is 2.06 bits per heavy atom. The normalized spacial score (nSPS) is 23.3. The predicted molar refractivity (Wildman–Crippen MR) is 74.6 cm³/mol. The van der Waals surface area contributed by atoms with Crippen molar-refractivity contribution in [1.82, 2.24) is 4.90 Å². The van der Waals surface area contributed by atoms with Crippen molar-refractivity contribution in [2.45, 2.75) is 32.7 Å². The van der Waals surface area contributed by atoms with Crippen molar-refractivity contribution in [3.63, 3.8) is 0 Å². The summed E-state index contributed by atoms with van der Waals surface area (Å²) in [5.41, 5.74) is 10.1. The summed E-state index contributed by atoms with van der Waals surface area (Å²) in [4.78, 5) is 6.72. The summed E-state index contributed by atoms with van der Waals surface area (Å²) in [6.07, 6.45) is 2.70. The molecule has 18 heavy (non-hydrogen) atoms. The number of aliphatic imine (C=N–C) groups is 1. The van der Waals surface area contributed by atoms with Gasteiger partial charge in [-0.15, -0.1) is 0 Å². The van der Waals surface area contributed by atoms with Crippen molar-refractivity contribution in [2.24, 2.45) is 16.6 Å². The van der Waals surface area contributed by atoms with Gasteiger partial charge in [-0.1, -0.05) is 18.2 Å². The lowest BCUT2D eigenvalue weighted by Gasteiger charge is -2.27. The summed E-state index contributed by atoms with van der Waals surface area (Å²) >= 11 is 0. The van der Waals surface area contributed by atoms with Crippen LogP contribution in [0.2, 0.25) is 0 Å². The largest absolute Gasteiger partial charge is 0.370 e. The fourth-order valence-corrected chi connectivity index (χ4v) is 2.59. The first kappa shape index (κ1) is 11.6. The molecule has 3 heteroatoms. The molecule has 2 aliphatic rings. The van der Waals surface area contributed by atoms with E-state index in [1.54, 1.807) is 0 Å². The quantitative estimate of drug-likeness (QED) is 0.885. The molecular formula is C15H21N3. The first-order valence-corrected chi connectivity index (χ1v) is 6.79. The summed E-state index contributed by atoms with van der Waals surface area (Å²) < 4.78 is 0. The summed E-state index contributed by atoms with van der Waals surface area (Å²) in [6, 6.07) is 7.06. The SMILES string of the molecule is Cc1ccc(C2CN=C(N)N2CC2CC2)cc1C. The van der Waals surface area contributed by atoms with Gasteiger partial charge in [-0.05, 0) is 49.3 Å². The second-order valence-electron chi connectivity index (χ2n) is 5.65. The van der Waals surface area contributed by atoms with Crippen LogP contribution in [0.1, 0.15) is 35.6 Å². The smallest absolute Gasteiger partial charge is 0.191 e. The van der Waals surface area contributed by atoms with Gasteiger partial charge in [0.25, 0.3) is 0 Å². The van der Waals surface area contributed by atoms with E-state index in [1.807, 2.05) is 0 Å². The van der Waals surface area contributed by atoms with Gasteiger partial charge in [0.1, 0.15) is 0 Å². The standard InChI is InChI=1S/C15H21N3/c1-10-3-6-13(7-11(10)2)14-8-17-15(16)18(14)9-12-4-5-12/h3,6-7,12,14H,4-5,8-9H2,1-2H3,(H2,16,17). The molecule has 1 heterocycles. The molecule has 1 unspecified atom stereocenters. The van der Waals surface area contributed by atoms with E-state index in [0.717, 1.165) is 25.0 Å². The number of hydrogen-bond donors (Lipinski definition) is 1. The third kappa shape index (κ3) is 2.09. The molecule has 2 N–H and O–H groups in total. The molecule has 1 saturated carbocycles. The van der Waals surface area contributed by atoms with Gasteiger partial charge in [0, 0.05) is 6.54 Å². The first-order chi connectivity index (χ1) is 8.65. The number of aryl methyl sites for hydroxylation is 2. The van der Waals surface area contributed by atoms with E-state index in [1.165, 1.54) is 29.5 Å². The van der Waals surface area contributed by atoms with Crippen LogP contribution in [0.15, 0.2) is 23.2 Å². The van der Waals surface area contributed by atoms with Crippen molar-refractivity contribution in [3.8, 4) is 0 Å². The second kappa shape index (κ2) is 4.30. The minimum absolute atomic E-state index is 0.352. The summed E-state index contributed by atoms with van der Waals surface area (Å²) in [6.45, 7) is 6.21. The van der Waals surface area contributed by atoms with Crippen molar-refractivity contribution in [3.05, 3.63) is 34.9 Å². The number of guanidine groups is 1. The highest BCUT2D eigenvalue weighted by Crippen LogP contribution is 2.34. The molecule has 1 aromatic carbocycles. The zero-order chi connectivity index (χ0) is 12.7. The number of rotatable bonds is 3. The van der Waals surface area contributed by atoms with Crippen molar-refractivity contribution in [1.29, 1.82) is 0 Å². The molecule has 1 atom stereocenters. The Kier molecular flexibility index (Phi) is 2.77. The highest BCUT2D eigenvalue weighted by atomic mass is 15.3. The molecule has 1 fully saturated rings. The molecule has 0 saturated heterocycles. The maximum Gasteiger partial charge on any atom is 0.191 e. The van der Waals surface area contributed by atoms with Gasteiger partial charge in [-0.25, -0.2) is 0 Å². The zero-order valence-electron chi connectivity index (χ0n) is 11.2. The van der Waals surface area contributed by atoms with Crippen LogP contribution in [0, 0.1) is 19.8 Å².